The molecule has 0 bridgehead atoms. The molecule has 3 heteroatoms. The molecule has 0 spiro atoms. The average molecular weight is 306 g/mol. The maximum Gasteiger partial charge on any atom is 0.0595 e. The van der Waals surface area contributed by atoms with E-state index in [1.54, 1.807) is 0 Å². The van der Waals surface area contributed by atoms with E-state index in [9.17, 15) is 0 Å². The molecule has 0 amide bonds. The minimum atomic E-state index is 0.488. The summed E-state index contributed by atoms with van der Waals surface area (Å²) in [6, 6.07) is 15.1. The summed E-state index contributed by atoms with van der Waals surface area (Å²) in [7, 11) is 2.04. The van der Waals surface area contributed by atoms with Crippen LogP contribution in [0.25, 0.3) is 0 Å². The minimum absolute atomic E-state index is 0.488. The summed E-state index contributed by atoms with van der Waals surface area (Å²) < 4.78 is 0. The fourth-order valence-electron chi connectivity index (χ4n) is 3.15. The van der Waals surface area contributed by atoms with Crippen molar-refractivity contribution in [1.29, 1.82) is 0 Å². The van der Waals surface area contributed by atoms with Crippen molar-refractivity contribution in [2.24, 2.45) is 0 Å². The molecule has 2 atom stereocenters. The number of halogens is 2. The van der Waals surface area contributed by atoms with Crippen LogP contribution in [0.1, 0.15) is 22.6 Å². The lowest BCUT2D eigenvalue weighted by Gasteiger charge is -2.20. The van der Waals surface area contributed by atoms with E-state index in [2.05, 4.69) is 35.6 Å². The molecule has 0 radical (unpaired) electrons. The second kappa shape index (κ2) is 5.77. The SMILES string of the molecule is CN[C@H]1Cc2ccccc2C1Cc1ccc(Cl)c(Cl)c1. The summed E-state index contributed by atoms with van der Waals surface area (Å²) in [5.41, 5.74) is 4.15. The topological polar surface area (TPSA) is 12.0 Å². The Morgan fingerprint density at radius 1 is 1.10 bits per heavy atom. The molecule has 1 unspecified atom stereocenters. The zero-order valence-corrected chi connectivity index (χ0v) is 12.9. The predicted molar refractivity (Wildman–Crippen MR) is 85.9 cm³/mol. The Bertz CT molecular complexity index is 624. The molecule has 0 aliphatic heterocycles. The molecule has 20 heavy (non-hydrogen) atoms. The summed E-state index contributed by atoms with van der Waals surface area (Å²) in [6.07, 6.45) is 2.08. The number of fused-ring (bicyclic) bond motifs is 1. The van der Waals surface area contributed by atoms with E-state index < -0.39 is 0 Å². The standard InChI is InChI=1S/C17H17Cl2N/c1-20-17-10-12-4-2-3-5-13(12)14(17)8-11-6-7-15(18)16(19)9-11/h2-7,9,14,17,20H,8,10H2,1H3/t14?,17-/m0/s1. The number of benzene rings is 2. The largest absolute Gasteiger partial charge is 0.316 e. The molecule has 3 rings (SSSR count). The Labute approximate surface area is 129 Å². The van der Waals surface area contributed by atoms with Crippen LogP contribution in [-0.4, -0.2) is 13.1 Å². The number of nitrogens with one attached hydrogen (secondary N) is 1. The van der Waals surface area contributed by atoms with Crippen LogP contribution in [0.5, 0.6) is 0 Å². The zero-order valence-electron chi connectivity index (χ0n) is 11.4. The number of hydrogen-bond donors (Lipinski definition) is 1. The van der Waals surface area contributed by atoms with E-state index in [1.165, 1.54) is 16.7 Å². The van der Waals surface area contributed by atoms with Crippen LogP contribution in [0.4, 0.5) is 0 Å². The lowest BCUT2D eigenvalue weighted by molar-refractivity contribution is 0.492. The van der Waals surface area contributed by atoms with Crippen molar-refractivity contribution in [2.45, 2.75) is 24.8 Å². The molecule has 0 aromatic heterocycles. The first-order valence-corrected chi connectivity index (χ1v) is 7.63. The highest BCUT2D eigenvalue weighted by Gasteiger charge is 2.31. The van der Waals surface area contributed by atoms with Gasteiger partial charge in [-0.25, -0.2) is 0 Å². The Morgan fingerprint density at radius 2 is 1.90 bits per heavy atom. The highest BCUT2D eigenvalue weighted by molar-refractivity contribution is 6.42. The molecular formula is C17H17Cl2N. The van der Waals surface area contributed by atoms with Gasteiger partial charge in [0.05, 0.1) is 10.0 Å². The van der Waals surface area contributed by atoms with Gasteiger partial charge in [0.15, 0.2) is 0 Å². The van der Waals surface area contributed by atoms with Gasteiger partial charge < -0.3 is 5.32 Å². The van der Waals surface area contributed by atoms with Gasteiger partial charge in [0, 0.05) is 12.0 Å². The maximum absolute atomic E-state index is 6.12. The first kappa shape index (κ1) is 13.9. The van der Waals surface area contributed by atoms with Crippen molar-refractivity contribution in [3.8, 4) is 0 Å². The fraction of sp³-hybridized carbons (Fsp3) is 0.294. The van der Waals surface area contributed by atoms with E-state index in [1.807, 2.05) is 19.2 Å². The third kappa shape index (κ3) is 2.58. The third-order valence-electron chi connectivity index (χ3n) is 4.19. The molecule has 1 aliphatic rings. The average Bonchev–Trinajstić information content (AvgIpc) is 2.81. The maximum atomic E-state index is 6.12. The second-order valence-electron chi connectivity index (χ2n) is 5.36. The Kier molecular flexibility index (Phi) is 4.02. The summed E-state index contributed by atoms with van der Waals surface area (Å²) in [5, 5.41) is 4.70. The molecule has 1 N–H and O–H groups in total. The number of likely N-dealkylation sites (N-methyl/N-ethyl adjacent to an activating group) is 1. The highest BCUT2D eigenvalue weighted by atomic mass is 35.5. The van der Waals surface area contributed by atoms with E-state index in [4.69, 9.17) is 23.2 Å². The van der Waals surface area contributed by atoms with Gasteiger partial charge >= 0.3 is 0 Å². The van der Waals surface area contributed by atoms with Gasteiger partial charge in [-0.3, -0.25) is 0 Å². The quantitative estimate of drug-likeness (QED) is 0.882. The molecule has 2 aromatic carbocycles. The normalized spacial score (nSPS) is 20.9. The Morgan fingerprint density at radius 3 is 2.65 bits per heavy atom. The molecule has 104 valence electrons. The van der Waals surface area contributed by atoms with Crippen molar-refractivity contribution in [2.75, 3.05) is 7.05 Å². The molecule has 1 aliphatic carbocycles. The summed E-state index contributed by atoms with van der Waals surface area (Å²) in [6.45, 7) is 0. The molecule has 2 aromatic rings. The molecule has 0 heterocycles. The van der Waals surface area contributed by atoms with Crippen LogP contribution in [-0.2, 0) is 12.8 Å². The van der Waals surface area contributed by atoms with Crippen molar-refractivity contribution >= 4 is 23.2 Å². The van der Waals surface area contributed by atoms with Crippen LogP contribution < -0.4 is 5.32 Å². The van der Waals surface area contributed by atoms with E-state index in [-0.39, 0.29) is 0 Å². The van der Waals surface area contributed by atoms with Crippen LogP contribution in [0.15, 0.2) is 42.5 Å². The molecule has 0 fully saturated rings. The fourth-order valence-corrected chi connectivity index (χ4v) is 3.47. The first-order valence-electron chi connectivity index (χ1n) is 6.88. The van der Waals surface area contributed by atoms with Gasteiger partial charge in [-0.2, -0.15) is 0 Å². The Hall–Kier alpha value is -1.02. The summed E-state index contributed by atoms with van der Waals surface area (Å²) >= 11 is 12.1. The van der Waals surface area contributed by atoms with Crippen LogP contribution in [0, 0.1) is 0 Å². The lowest BCUT2D eigenvalue weighted by atomic mass is 9.91. The van der Waals surface area contributed by atoms with Gasteiger partial charge in [-0.05, 0) is 48.7 Å². The van der Waals surface area contributed by atoms with E-state index in [0.717, 1.165) is 12.8 Å². The zero-order chi connectivity index (χ0) is 14.1. The van der Waals surface area contributed by atoms with Crippen LogP contribution in [0.3, 0.4) is 0 Å². The summed E-state index contributed by atoms with van der Waals surface area (Å²) in [5.74, 6) is 0.494. The Balaban J connectivity index is 1.90. The number of hydrogen-bond acceptors (Lipinski definition) is 1. The van der Waals surface area contributed by atoms with Crippen LogP contribution >= 0.6 is 23.2 Å². The van der Waals surface area contributed by atoms with Gasteiger partial charge in [-0.15, -0.1) is 0 Å². The van der Waals surface area contributed by atoms with Gasteiger partial charge in [0.1, 0.15) is 0 Å². The highest BCUT2D eigenvalue weighted by Crippen LogP contribution is 2.36. The van der Waals surface area contributed by atoms with Crippen molar-refractivity contribution in [3.05, 3.63) is 69.2 Å². The second-order valence-corrected chi connectivity index (χ2v) is 6.17. The van der Waals surface area contributed by atoms with Crippen LogP contribution in [0.2, 0.25) is 10.0 Å². The number of rotatable bonds is 3. The van der Waals surface area contributed by atoms with Crippen molar-refractivity contribution < 1.29 is 0 Å². The molecular weight excluding hydrogens is 289 g/mol. The molecule has 1 nitrogen and oxygen atoms in total. The van der Waals surface area contributed by atoms with Gasteiger partial charge in [-0.1, -0.05) is 53.5 Å². The van der Waals surface area contributed by atoms with E-state index in [0.29, 0.717) is 22.0 Å². The monoisotopic (exact) mass is 305 g/mol. The molecule has 0 saturated carbocycles. The molecule has 0 saturated heterocycles. The van der Waals surface area contributed by atoms with Gasteiger partial charge in [0.2, 0.25) is 0 Å². The van der Waals surface area contributed by atoms with Gasteiger partial charge in [0.25, 0.3) is 0 Å². The summed E-state index contributed by atoms with van der Waals surface area (Å²) in [4.78, 5) is 0. The van der Waals surface area contributed by atoms with Crippen molar-refractivity contribution in [3.63, 3.8) is 0 Å². The van der Waals surface area contributed by atoms with Crippen molar-refractivity contribution in [1.82, 2.24) is 5.32 Å². The van der Waals surface area contributed by atoms with E-state index >= 15 is 0 Å². The predicted octanol–water partition coefficient (Wildman–Crippen LogP) is 4.46. The minimum Gasteiger partial charge on any atom is -0.316 e. The third-order valence-corrected chi connectivity index (χ3v) is 4.93. The lowest BCUT2D eigenvalue weighted by Crippen LogP contribution is -2.30. The smallest absolute Gasteiger partial charge is 0.0595 e. The first-order chi connectivity index (χ1) is 9.69.